The van der Waals surface area contributed by atoms with E-state index in [-0.39, 0.29) is 5.56 Å². The van der Waals surface area contributed by atoms with Gasteiger partial charge in [0.15, 0.2) is 17.3 Å². The first-order valence-electron chi connectivity index (χ1n) is 6.54. The summed E-state index contributed by atoms with van der Waals surface area (Å²) in [5.41, 5.74) is 0.256. The minimum absolute atomic E-state index is 0.0398. The fraction of sp³-hybridized carbons (Fsp3) is 0.188. The topological polar surface area (TPSA) is 35.5 Å². The van der Waals surface area contributed by atoms with Gasteiger partial charge < -0.3 is 9.47 Å². The van der Waals surface area contributed by atoms with Crippen LogP contribution in [0.3, 0.4) is 0 Å². The highest BCUT2D eigenvalue weighted by atomic mass is 19.1. The van der Waals surface area contributed by atoms with Gasteiger partial charge >= 0.3 is 0 Å². The summed E-state index contributed by atoms with van der Waals surface area (Å²) in [5.74, 6) is -1.01. The average molecular weight is 290 g/mol. The highest BCUT2D eigenvalue weighted by molar-refractivity contribution is 6.09. The number of carbonyl (C=O) groups excluding carboxylic acids is 1. The van der Waals surface area contributed by atoms with E-state index >= 15 is 0 Å². The molecule has 3 rings (SSSR count). The van der Waals surface area contributed by atoms with E-state index in [9.17, 15) is 13.6 Å². The van der Waals surface area contributed by atoms with Crippen molar-refractivity contribution >= 4 is 5.78 Å². The number of hydrogen-bond donors (Lipinski definition) is 0. The molecule has 5 heteroatoms. The molecule has 0 fully saturated rings. The Bertz CT molecular complexity index is 678. The van der Waals surface area contributed by atoms with Crippen molar-refractivity contribution < 1.29 is 23.0 Å². The van der Waals surface area contributed by atoms with Crippen LogP contribution in [0.2, 0.25) is 0 Å². The molecule has 0 aromatic heterocycles. The lowest BCUT2D eigenvalue weighted by atomic mass is 10.0. The van der Waals surface area contributed by atoms with Crippen molar-refractivity contribution in [3.05, 3.63) is 59.2 Å². The Kier molecular flexibility index (Phi) is 3.56. The van der Waals surface area contributed by atoms with Crippen LogP contribution < -0.4 is 9.47 Å². The van der Waals surface area contributed by atoms with Crippen molar-refractivity contribution in [3.63, 3.8) is 0 Å². The van der Waals surface area contributed by atoms with E-state index in [1.165, 1.54) is 6.07 Å². The summed E-state index contributed by atoms with van der Waals surface area (Å²) >= 11 is 0. The second-order valence-electron chi connectivity index (χ2n) is 4.70. The van der Waals surface area contributed by atoms with E-state index < -0.39 is 17.4 Å². The molecule has 0 bridgehead atoms. The standard InChI is InChI=1S/C16H12F2O3/c17-12-6-11(7-13(18)9-12)16(19)10-2-3-14-15(8-10)21-5-1-4-20-14/h2-3,6-9H,1,4-5H2. The van der Waals surface area contributed by atoms with Crippen LogP contribution in [0.15, 0.2) is 36.4 Å². The van der Waals surface area contributed by atoms with Gasteiger partial charge in [-0.25, -0.2) is 8.78 Å². The molecular formula is C16H12F2O3. The zero-order valence-electron chi connectivity index (χ0n) is 11.1. The summed E-state index contributed by atoms with van der Waals surface area (Å²) in [5, 5.41) is 0. The maximum Gasteiger partial charge on any atom is 0.193 e. The average Bonchev–Trinajstić information content (AvgIpc) is 2.69. The predicted molar refractivity (Wildman–Crippen MR) is 71.8 cm³/mol. The maximum atomic E-state index is 13.2. The van der Waals surface area contributed by atoms with E-state index in [2.05, 4.69) is 0 Å². The number of ether oxygens (including phenoxy) is 2. The summed E-state index contributed by atoms with van der Waals surface area (Å²) in [6, 6.07) is 7.46. The molecule has 1 aliphatic heterocycles. The van der Waals surface area contributed by atoms with Gasteiger partial charge in [-0.15, -0.1) is 0 Å². The number of rotatable bonds is 2. The van der Waals surface area contributed by atoms with Gasteiger partial charge in [0.25, 0.3) is 0 Å². The lowest BCUT2D eigenvalue weighted by molar-refractivity contribution is 0.103. The third-order valence-corrected chi connectivity index (χ3v) is 3.13. The molecule has 0 aliphatic carbocycles. The molecular weight excluding hydrogens is 278 g/mol. The van der Waals surface area contributed by atoms with Gasteiger partial charge in [0.1, 0.15) is 11.6 Å². The molecule has 0 unspecified atom stereocenters. The number of carbonyl (C=O) groups is 1. The van der Waals surface area contributed by atoms with Gasteiger partial charge in [-0.05, 0) is 30.3 Å². The third kappa shape index (κ3) is 2.86. The SMILES string of the molecule is O=C(c1cc(F)cc(F)c1)c1ccc2c(c1)OCCCO2. The Labute approximate surface area is 120 Å². The third-order valence-electron chi connectivity index (χ3n) is 3.13. The molecule has 0 amide bonds. The molecule has 0 saturated heterocycles. The Morgan fingerprint density at radius 2 is 1.52 bits per heavy atom. The molecule has 21 heavy (non-hydrogen) atoms. The summed E-state index contributed by atoms with van der Waals surface area (Å²) in [6.45, 7) is 1.05. The van der Waals surface area contributed by atoms with Crippen molar-refractivity contribution in [2.45, 2.75) is 6.42 Å². The van der Waals surface area contributed by atoms with E-state index in [1.54, 1.807) is 12.1 Å². The van der Waals surface area contributed by atoms with Crippen LogP contribution in [0.4, 0.5) is 8.78 Å². The van der Waals surface area contributed by atoms with E-state index in [4.69, 9.17) is 9.47 Å². The number of fused-ring (bicyclic) bond motifs is 1. The Balaban J connectivity index is 1.96. The van der Waals surface area contributed by atoms with Crippen LogP contribution >= 0.6 is 0 Å². The van der Waals surface area contributed by atoms with Crippen LogP contribution in [-0.2, 0) is 0 Å². The molecule has 0 N–H and O–H groups in total. The van der Waals surface area contributed by atoms with Crippen molar-refractivity contribution in [2.24, 2.45) is 0 Å². The van der Waals surface area contributed by atoms with E-state index in [0.29, 0.717) is 30.3 Å². The van der Waals surface area contributed by atoms with Gasteiger partial charge in [0, 0.05) is 23.6 Å². The Morgan fingerprint density at radius 1 is 0.857 bits per heavy atom. The van der Waals surface area contributed by atoms with Gasteiger partial charge in [-0.1, -0.05) is 0 Å². The van der Waals surface area contributed by atoms with Crippen LogP contribution in [0.1, 0.15) is 22.3 Å². The lowest BCUT2D eigenvalue weighted by Gasteiger charge is -2.09. The fourth-order valence-electron chi connectivity index (χ4n) is 2.16. The molecule has 1 heterocycles. The van der Waals surface area contributed by atoms with Gasteiger partial charge in [-0.3, -0.25) is 4.79 Å². The molecule has 1 aliphatic rings. The fourth-order valence-corrected chi connectivity index (χ4v) is 2.16. The molecule has 0 atom stereocenters. The second-order valence-corrected chi connectivity index (χ2v) is 4.70. The largest absolute Gasteiger partial charge is 0.490 e. The van der Waals surface area contributed by atoms with Crippen molar-refractivity contribution in [2.75, 3.05) is 13.2 Å². The van der Waals surface area contributed by atoms with Gasteiger partial charge in [-0.2, -0.15) is 0 Å². The summed E-state index contributed by atoms with van der Waals surface area (Å²) in [4.78, 5) is 12.3. The number of halogens is 2. The van der Waals surface area contributed by atoms with Gasteiger partial charge in [0.05, 0.1) is 13.2 Å². The van der Waals surface area contributed by atoms with Crippen molar-refractivity contribution in [3.8, 4) is 11.5 Å². The minimum Gasteiger partial charge on any atom is -0.490 e. The molecule has 0 spiro atoms. The first-order chi connectivity index (χ1) is 10.1. The van der Waals surface area contributed by atoms with Crippen LogP contribution in [0.5, 0.6) is 11.5 Å². The summed E-state index contributed by atoms with van der Waals surface area (Å²) < 4.78 is 37.4. The van der Waals surface area contributed by atoms with E-state index in [0.717, 1.165) is 24.6 Å². The number of benzene rings is 2. The number of hydrogen-bond acceptors (Lipinski definition) is 3. The zero-order chi connectivity index (χ0) is 14.8. The zero-order valence-corrected chi connectivity index (χ0v) is 11.1. The van der Waals surface area contributed by atoms with Gasteiger partial charge in [0.2, 0.25) is 0 Å². The first kappa shape index (κ1) is 13.5. The summed E-state index contributed by atoms with van der Waals surface area (Å²) in [6.07, 6.45) is 0.757. The normalized spacial score (nSPS) is 13.6. The Hall–Kier alpha value is -2.43. The van der Waals surface area contributed by atoms with Crippen molar-refractivity contribution in [1.29, 1.82) is 0 Å². The van der Waals surface area contributed by atoms with Crippen LogP contribution in [0.25, 0.3) is 0 Å². The molecule has 3 nitrogen and oxygen atoms in total. The molecule has 2 aromatic carbocycles. The lowest BCUT2D eigenvalue weighted by Crippen LogP contribution is -2.03. The molecule has 0 saturated carbocycles. The first-order valence-corrected chi connectivity index (χ1v) is 6.54. The monoisotopic (exact) mass is 290 g/mol. The van der Waals surface area contributed by atoms with Crippen molar-refractivity contribution in [1.82, 2.24) is 0 Å². The molecule has 0 radical (unpaired) electrons. The van der Waals surface area contributed by atoms with Crippen LogP contribution in [0, 0.1) is 11.6 Å². The summed E-state index contributed by atoms with van der Waals surface area (Å²) in [7, 11) is 0. The quantitative estimate of drug-likeness (QED) is 0.796. The number of ketones is 1. The highest BCUT2D eigenvalue weighted by Gasteiger charge is 2.16. The highest BCUT2D eigenvalue weighted by Crippen LogP contribution is 2.31. The second kappa shape index (κ2) is 5.52. The van der Waals surface area contributed by atoms with Crippen LogP contribution in [-0.4, -0.2) is 19.0 Å². The predicted octanol–water partition coefficient (Wildman–Crippen LogP) is 3.36. The van der Waals surface area contributed by atoms with E-state index in [1.807, 2.05) is 0 Å². The Morgan fingerprint density at radius 3 is 2.24 bits per heavy atom. The molecule has 108 valence electrons. The minimum atomic E-state index is -0.785. The smallest absolute Gasteiger partial charge is 0.193 e. The molecule has 2 aromatic rings. The maximum absolute atomic E-state index is 13.2.